The van der Waals surface area contributed by atoms with E-state index in [4.69, 9.17) is 4.74 Å². The fraction of sp³-hybridized carbons (Fsp3) is 0.667. The molecule has 30 heavy (non-hydrogen) atoms. The number of ether oxygens (including phenoxy) is 1. The number of anilines is 1. The zero-order valence-electron chi connectivity index (χ0n) is 18.5. The van der Waals surface area contributed by atoms with E-state index in [1.807, 2.05) is 19.9 Å². The van der Waals surface area contributed by atoms with Crippen LogP contribution in [-0.2, 0) is 27.2 Å². The molecule has 0 unspecified atom stereocenters. The van der Waals surface area contributed by atoms with Crippen LogP contribution in [-0.4, -0.2) is 55.6 Å². The molecule has 1 heterocycles. The minimum absolute atomic E-state index is 0.0661. The number of carbonyl (C=O) groups is 2. The summed E-state index contributed by atoms with van der Waals surface area (Å²) in [5.74, 6) is 0.317. The van der Waals surface area contributed by atoms with Gasteiger partial charge in [0.05, 0.1) is 6.10 Å². The Morgan fingerprint density at radius 2 is 1.93 bits per heavy atom. The number of aryl methyl sites for hydroxylation is 2. The van der Waals surface area contributed by atoms with Crippen molar-refractivity contribution in [2.75, 3.05) is 38.1 Å². The van der Waals surface area contributed by atoms with Crippen LogP contribution in [0.5, 0.6) is 0 Å². The van der Waals surface area contributed by atoms with Crippen molar-refractivity contribution in [3.63, 3.8) is 0 Å². The number of fused-ring (bicyclic) bond motifs is 1. The highest BCUT2D eigenvalue weighted by Crippen LogP contribution is 2.25. The molecule has 2 N–H and O–H groups in total. The summed E-state index contributed by atoms with van der Waals surface area (Å²) >= 11 is 0. The normalized spacial score (nSPS) is 17.2. The maximum Gasteiger partial charge on any atom is 0.225 e. The second-order valence-electron chi connectivity index (χ2n) is 8.82. The van der Waals surface area contributed by atoms with Crippen LogP contribution in [0.25, 0.3) is 0 Å². The third-order valence-electron chi connectivity index (χ3n) is 6.07. The maximum absolute atomic E-state index is 12.3. The molecule has 1 fully saturated rings. The molecule has 1 aromatic carbocycles. The van der Waals surface area contributed by atoms with E-state index in [0.29, 0.717) is 19.6 Å². The summed E-state index contributed by atoms with van der Waals surface area (Å²) < 4.78 is 5.50. The van der Waals surface area contributed by atoms with Gasteiger partial charge >= 0.3 is 0 Å². The van der Waals surface area contributed by atoms with E-state index in [1.165, 1.54) is 17.5 Å². The Kier molecular flexibility index (Phi) is 8.70. The smallest absolute Gasteiger partial charge is 0.225 e. The van der Waals surface area contributed by atoms with Gasteiger partial charge in [-0.2, -0.15) is 0 Å². The molecule has 0 saturated carbocycles. The lowest BCUT2D eigenvalue weighted by Gasteiger charge is -2.31. The van der Waals surface area contributed by atoms with Gasteiger partial charge in [0, 0.05) is 37.7 Å². The summed E-state index contributed by atoms with van der Waals surface area (Å²) in [7, 11) is 0. The van der Waals surface area contributed by atoms with Gasteiger partial charge in [0.1, 0.15) is 0 Å². The Hall–Kier alpha value is -1.92. The van der Waals surface area contributed by atoms with Crippen LogP contribution in [0.3, 0.4) is 0 Å². The second kappa shape index (κ2) is 11.5. The third kappa shape index (κ3) is 7.10. The van der Waals surface area contributed by atoms with Gasteiger partial charge in [-0.15, -0.1) is 0 Å². The summed E-state index contributed by atoms with van der Waals surface area (Å²) in [6.07, 6.45) is 6.79. The summed E-state index contributed by atoms with van der Waals surface area (Å²) in [5, 5.41) is 6.07. The predicted molar refractivity (Wildman–Crippen MR) is 120 cm³/mol. The Balaban J connectivity index is 1.29. The average Bonchev–Trinajstić information content (AvgIpc) is 3.20. The number of nitrogens with zero attached hydrogens (tertiary/aromatic N) is 1. The van der Waals surface area contributed by atoms with Crippen molar-refractivity contribution in [2.24, 2.45) is 5.92 Å². The van der Waals surface area contributed by atoms with Crippen LogP contribution >= 0.6 is 0 Å². The number of nitrogens with one attached hydrogen (secondary N) is 2. The molecule has 1 saturated heterocycles. The van der Waals surface area contributed by atoms with Crippen LogP contribution in [0, 0.1) is 5.92 Å². The van der Waals surface area contributed by atoms with Gasteiger partial charge in [-0.3, -0.25) is 9.59 Å². The summed E-state index contributed by atoms with van der Waals surface area (Å²) in [4.78, 5) is 26.9. The summed E-state index contributed by atoms with van der Waals surface area (Å²) in [5.41, 5.74) is 3.71. The highest BCUT2D eigenvalue weighted by atomic mass is 16.5. The first-order valence-corrected chi connectivity index (χ1v) is 11.5. The highest BCUT2D eigenvalue weighted by Gasteiger charge is 2.24. The molecule has 0 bridgehead atoms. The molecule has 6 heteroatoms. The van der Waals surface area contributed by atoms with Gasteiger partial charge in [-0.25, -0.2) is 0 Å². The van der Waals surface area contributed by atoms with E-state index in [-0.39, 0.29) is 23.8 Å². The van der Waals surface area contributed by atoms with Crippen molar-refractivity contribution in [3.8, 4) is 0 Å². The fourth-order valence-electron chi connectivity index (χ4n) is 4.30. The number of piperidine rings is 1. The molecule has 0 radical (unpaired) electrons. The van der Waals surface area contributed by atoms with Crippen molar-refractivity contribution < 1.29 is 14.3 Å². The lowest BCUT2D eigenvalue weighted by atomic mass is 9.96. The minimum atomic E-state index is 0.0661. The minimum Gasteiger partial charge on any atom is -0.379 e. The molecule has 0 atom stereocenters. The molecular formula is C24H37N3O3. The van der Waals surface area contributed by atoms with Crippen molar-refractivity contribution in [1.29, 1.82) is 0 Å². The number of likely N-dealkylation sites (tertiary alicyclic amines) is 1. The zero-order chi connectivity index (χ0) is 21.3. The lowest BCUT2D eigenvalue weighted by molar-refractivity contribution is -0.126. The fourth-order valence-corrected chi connectivity index (χ4v) is 4.30. The Morgan fingerprint density at radius 3 is 2.70 bits per heavy atom. The average molecular weight is 416 g/mol. The number of hydrogen-bond donors (Lipinski definition) is 2. The van der Waals surface area contributed by atoms with Crippen molar-refractivity contribution in [1.82, 2.24) is 10.2 Å². The van der Waals surface area contributed by atoms with E-state index in [1.54, 1.807) is 0 Å². The molecule has 1 aliphatic heterocycles. The van der Waals surface area contributed by atoms with Crippen molar-refractivity contribution in [2.45, 2.75) is 64.9 Å². The van der Waals surface area contributed by atoms with Crippen LogP contribution in [0.15, 0.2) is 18.2 Å². The summed E-state index contributed by atoms with van der Waals surface area (Å²) in [6.45, 7) is 7.89. The van der Waals surface area contributed by atoms with Gasteiger partial charge < -0.3 is 20.3 Å². The van der Waals surface area contributed by atoms with Gasteiger partial charge in [0.15, 0.2) is 0 Å². The molecular weight excluding hydrogens is 378 g/mol. The molecule has 0 spiro atoms. The zero-order valence-corrected chi connectivity index (χ0v) is 18.5. The third-order valence-corrected chi connectivity index (χ3v) is 6.07. The van der Waals surface area contributed by atoms with Crippen LogP contribution in [0.1, 0.15) is 57.1 Å². The Bertz CT molecular complexity index is 712. The number of carbonyl (C=O) groups excluding carboxylic acids is 2. The molecule has 1 aliphatic carbocycles. The highest BCUT2D eigenvalue weighted by molar-refractivity contribution is 5.91. The van der Waals surface area contributed by atoms with Crippen LogP contribution < -0.4 is 10.6 Å². The molecule has 2 amide bonds. The first kappa shape index (κ1) is 22.8. The van der Waals surface area contributed by atoms with E-state index in [9.17, 15) is 9.59 Å². The van der Waals surface area contributed by atoms with Crippen LogP contribution in [0.4, 0.5) is 5.69 Å². The quantitative estimate of drug-likeness (QED) is 0.576. The first-order valence-electron chi connectivity index (χ1n) is 11.5. The van der Waals surface area contributed by atoms with Crippen LogP contribution in [0.2, 0.25) is 0 Å². The molecule has 166 valence electrons. The Morgan fingerprint density at radius 1 is 1.17 bits per heavy atom. The SMILES string of the molecule is CC(C)OCCCNC(=O)C1CCN(CCC(=O)Nc2ccc3c(c2)CCC3)CC1. The number of benzene rings is 1. The van der Waals surface area contributed by atoms with E-state index in [2.05, 4.69) is 27.7 Å². The number of rotatable bonds is 10. The Labute approximate surface area is 180 Å². The second-order valence-corrected chi connectivity index (χ2v) is 8.82. The molecule has 2 aliphatic rings. The monoisotopic (exact) mass is 415 g/mol. The lowest BCUT2D eigenvalue weighted by Crippen LogP contribution is -2.41. The van der Waals surface area contributed by atoms with Crippen molar-refractivity contribution in [3.05, 3.63) is 29.3 Å². The van der Waals surface area contributed by atoms with Crippen molar-refractivity contribution >= 4 is 17.5 Å². The largest absolute Gasteiger partial charge is 0.379 e. The van der Waals surface area contributed by atoms with Gasteiger partial charge in [0.25, 0.3) is 0 Å². The number of hydrogen-bond acceptors (Lipinski definition) is 4. The molecule has 6 nitrogen and oxygen atoms in total. The van der Waals surface area contributed by atoms with E-state index < -0.39 is 0 Å². The standard InChI is InChI=1S/C24H37N3O3/c1-18(2)30-16-4-12-25-24(29)20-9-13-27(14-10-20)15-11-23(28)26-22-8-7-19-5-3-6-21(19)17-22/h7-8,17-18,20H,3-6,9-16H2,1-2H3,(H,25,29)(H,26,28). The molecule has 1 aromatic rings. The summed E-state index contributed by atoms with van der Waals surface area (Å²) in [6, 6.07) is 6.28. The van der Waals surface area contributed by atoms with Gasteiger partial charge in [-0.05, 0) is 88.7 Å². The van der Waals surface area contributed by atoms with Gasteiger partial charge in [-0.1, -0.05) is 6.07 Å². The molecule has 3 rings (SSSR count). The molecule has 0 aromatic heterocycles. The number of amides is 2. The topological polar surface area (TPSA) is 70.7 Å². The first-order chi connectivity index (χ1) is 14.5. The van der Waals surface area contributed by atoms with E-state index >= 15 is 0 Å². The predicted octanol–water partition coefficient (Wildman–Crippen LogP) is 3.15. The van der Waals surface area contributed by atoms with E-state index in [0.717, 1.165) is 57.4 Å². The van der Waals surface area contributed by atoms with Gasteiger partial charge in [0.2, 0.25) is 11.8 Å². The maximum atomic E-state index is 12.3.